The van der Waals surface area contributed by atoms with E-state index in [1.807, 2.05) is 0 Å². The molecule has 1 saturated carbocycles. The Morgan fingerprint density at radius 3 is 2.52 bits per heavy atom. The maximum atomic E-state index is 8.74. The largest absolute Gasteiger partial charge is 0.396 e. The number of allylic oxidation sites excluding steroid dienone is 4. The zero-order chi connectivity index (χ0) is 15.2. The lowest BCUT2D eigenvalue weighted by atomic mass is 9.92. The highest BCUT2D eigenvalue weighted by molar-refractivity contribution is 4.97. The van der Waals surface area contributed by atoms with Crippen LogP contribution in [0.4, 0.5) is 0 Å². The highest BCUT2D eigenvalue weighted by Gasteiger charge is 2.23. The molecule has 0 spiro atoms. The van der Waals surface area contributed by atoms with Gasteiger partial charge in [0, 0.05) is 6.61 Å². The van der Waals surface area contributed by atoms with Crippen molar-refractivity contribution in [3.63, 3.8) is 0 Å². The van der Waals surface area contributed by atoms with Gasteiger partial charge in [0.1, 0.15) is 0 Å². The van der Waals surface area contributed by atoms with Gasteiger partial charge in [-0.15, -0.1) is 0 Å². The average Bonchev–Trinajstić information content (AvgIpc) is 2.94. The summed E-state index contributed by atoms with van der Waals surface area (Å²) >= 11 is 0. The standard InChI is InChI=1S/C20H36O/c1-2-3-4-7-10-14-19-16-13-17-20(19)15-11-8-5-6-9-12-18-21/h8,10-11,14,19-21H,2-7,9,12-13,15-18H2,1H3/b11-8-,14-10+/t19-,20-/m0/s1. The molecule has 0 aromatic carbocycles. The lowest BCUT2D eigenvalue weighted by Gasteiger charge is -2.14. The maximum Gasteiger partial charge on any atom is 0.0431 e. The topological polar surface area (TPSA) is 20.2 Å². The molecule has 1 rings (SSSR count). The second-order valence-electron chi connectivity index (χ2n) is 6.56. The summed E-state index contributed by atoms with van der Waals surface area (Å²) in [7, 11) is 0. The van der Waals surface area contributed by atoms with E-state index in [1.165, 1.54) is 64.2 Å². The Kier molecular flexibility index (Phi) is 11.6. The second-order valence-corrected chi connectivity index (χ2v) is 6.56. The molecule has 21 heavy (non-hydrogen) atoms. The molecule has 0 unspecified atom stereocenters. The highest BCUT2D eigenvalue weighted by atomic mass is 16.2. The van der Waals surface area contributed by atoms with Gasteiger partial charge in [0.05, 0.1) is 0 Å². The van der Waals surface area contributed by atoms with Crippen molar-refractivity contribution in [3.8, 4) is 0 Å². The number of rotatable bonds is 12. The van der Waals surface area contributed by atoms with Crippen LogP contribution in [0.1, 0.15) is 84.0 Å². The van der Waals surface area contributed by atoms with E-state index in [9.17, 15) is 0 Å². The van der Waals surface area contributed by atoms with E-state index in [2.05, 4.69) is 31.2 Å². The van der Waals surface area contributed by atoms with Gasteiger partial charge in [-0.2, -0.15) is 0 Å². The summed E-state index contributed by atoms with van der Waals surface area (Å²) in [4.78, 5) is 0. The molecular weight excluding hydrogens is 256 g/mol. The molecule has 1 nitrogen and oxygen atoms in total. The summed E-state index contributed by atoms with van der Waals surface area (Å²) in [6.07, 6.45) is 25.1. The Balaban J connectivity index is 2.13. The van der Waals surface area contributed by atoms with Gasteiger partial charge in [-0.3, -0.25) is 0 Å². The molecule has 2 atom stereocenters. The minimum atomic E-state index is 0.345. The van der Waals surface area contributed by atoms with Crippen LogP contribution in [0.2, 0.25) is 0 Å². The molecule has 1 aliphatic carbocycles. The minimum absolute atomic E-state index is 0.345. The van der Waals surface area contributed by atoms with Crippen molar-refractivity contribution in [3.05, 3.63) is 24.3 Å². The quantitative estimate of drug-likeness (QED) is 0.343. The van der Waals surface area contributed by atoms with Gasteiger partial charge in [-0.1, -0.05) is 56.9 Å². The predicted octanol–water partition coefficient (Wildman–Crippen LogP) is 6.04. The van der Waals surface area contributed by atoms with Crippen LogP contribution in [0.25, 0.3) is 0 Å². The third-order valence-electron chi connectivity index (χ3n) is 4.71. The molecule has 1 N–H and O–H groups in total. The van der Waals surface area contributed by atoms with Crippen molar-refractivity contribution in [2.75, 3.05) is 6.61 Å². The Hall–Kier alpha value is -0.560. The third kappa shape index (κ3) is 9.14. The Labute approximate surface area is 132 Å². The summed E-state index contributed by atoms with van der Waals surface area (Å²) in [5, 5.41) is 8.74. The predicted molar refractivity (Wildman–Crippen MR) is 93.4 cm³/mol. The molecule has 0 heterocycles. The second kappa shape index (κ2) is 13.1. The number of hydrogen-bond donors (Lipinski definition) is 1. The van der Waals surface area contributed by atoms with Gasteiger partial charge in [-0.05, 0) is 63.2 Å². The fourth-order valence-corrected chi connectivity index (χ4v) is 3.33. The SMILES string of the molecule is CCCCC/C=C/[C@H]1CCC[C@@H]1C/C=C\CCCCCO. The van der Waals surface area contributed by atoms with E-state index in [0.717, 1.165) is 24.7 Å². The van der Waals surface area contributed by atoms with Crippen molar-refractivity contribution >= 4 is 0 Å². The van der Waals surface area contributed by atoms with E-state index < -0.39 is 0 Å². The van der Waals surface area contributed by atoms with Gasteiger partial charge in [0.15, 0.2) is 0 Å². The number of unbranched alkanes of at least 4 members (excludes halogenated alkanes) is 6. The van der Waals surface area contributed by atoms with Gasteiger partial charge in [0.25, 0.3) is 0 Å². The van der Waals surface area contributed by atoms with E-state index in [1.54, 1.807) is 0 Å². The Bertz CT molecular complexity index is 280. The summed E-state index contributed by atoms with van der Waals surface area (Å²) < 4.78 is 0. The summed E-state index contributed by atoms with van der Waals surface area (Å²) in [5.41, 5.74) is 0. The molecule has 122 valence electrons. The van der Waals surface area contributed by atoms with Gasteiger partial charge >= 0.3 is 0 Å². The van der Waals surface area contributed by atoms with E-state index in [-0.39, 0.29) is 0 Å². The summed E-state index contributed by atoms with van der Waals surface area (Å²) in [5.74, 6) is 1.73. The fourth-order valence-electron chi connectivity index (χ4n) is 3.33. The molecule has 0 bridgehead atoms. The maximum absolute atomic E-state index is 8.74. The van der Waals surface area contributed by atoms with Crippen molar-refractivity contribution < 1.29 is 5.11 Å². The van der Waals surface area contributed by atoms with Crippen molar-refractivity contribution in [1.82, 2.24) is 0 Å². The smallest absolute Gasteiger partial charge is 0.0431 e. The van der Waals surface area contributed by atoms with E-state index in [4.69, 9.17) is 5.11 Å². The van der Waals surface area contributed by atoms with Crippen LogP contribution >= 0.6 is 0 Å². The number of aliphatic hydroxyl groups is 1. The molecule has 0 amide bonds. The number of hydrogen-bond acceptors (Lipinski definition) is 1. The van der Waals surface area contributed by atoms with Crippen LogP contribution in [0.15, 0.2) is 24.3 Å². The van der Waals surface area contributed by atoms with Crippen molar-refractivity contribution in [2.45, 2.75) is 84.0 Å². The molecule has 0 radical (unpaired) electrons. The molecule has 0 aromatic heterocycles. The zero-order valence-corrected chi connectivity index (χ0v) is 14.1. The average molecular weight is 293 g/mol. The molecule has 1 heteroatoms. The van der Waals surface area contributed by atoms with Crippen LogP contribution in [0.3, 0.4) is 0 Å². The first-order valence-corrected chi connectivity index (χ1v) is 9.31. The van der Waals surface area contributed by atoms with Crippen LogP contribution in [-0.2, 0) is 0 Å². The Morgan fingerprint density at radius 2 is 1.71 bits per heavy atom. The molecule has 0 saturated heterocycles. The lowest BCUT2D eigenvalue weighted by Crippen LogP contribution is -2.03. The lowest BCUT2D eigenvalue weighted by molar-refractivity contribution is 0.283. The van der Waals surface area contributed by atoms with Crippen LogP contribution in [0.5, 0.6) is 0 Å². The molecular formula is C20H36O. The first-order chi connectivity index (χ1) is 10.4. The normalized spacial score (nSPS) is 22.8. The molecule has 1 fully saturated rings. The van der Waals surface area contributed by atoms with E-state index >= 15 is 0 Å². The van der Waals surface area contributed by atoms with Crippen molar-refractivity contribution in [2.24, 2.45) is 11.8 Å². The molecule has 1 aliphatic rings. The third-order valence-corrected chi connectivity index (χ3v) is 4.71. The minimum Gasteiger partial charge on any atom is -0.396 e. The van der Waals surface area contributed by atoms with Crippen LogP contribution in [0, 0.1) is 11.8 Å². The van der Waals surface area contributed by atoms with Gasteiger partial charge in [0.2, 0.25) is 0 Å². The molecule has 0 aliphatic heterocycles. The summed E-state index contributed by atoms with van der Waals surface area (Å²) in [6, 6.07) is 0. The van der Waals surface area contributed by atoms with Crippen LogP contribution in [-0.4, -0.2) is 11.7 Å². The van der Waals surface area contributed by atoms with Crippen molar-refractivity contribution in [1.29, 1.82) is 0 Å². The highest BCUT2D eigenvalue weighted by Crippen LogP contribution is 2.35. The zero-order valence-electron chi connectivity index (χ0n) is 14.1. The summed E-state index contributed by atoms with van der Waals surface area (Å²) in [6.45, 7) is 2.62. The molecule has 0 aromatic rings. The number of aliphatic hydroxyl groups excluding tert-OH is 1. The van der Waals surface area contributed by atoms with Gasteiger partial charge < -0.3 is 5.11 Å². The van der Waals surface area contributed by atoms with E-state index in [0.29, 0.717) is 6.61 Å². The van der Waals surface area contributed by atoms with Crippen LogP contribution < -0.4 is 0 Å². The fraction of sp³-hybridized carbons (Fsp3) is 0.800. The Morgan fingerprint density at radius 1 is 0.905 bits per heavy atom. The monoisotopic (exact) mass is 292 g/mol. The first-order valence-electron chi connectivity index (χ1n) is 9.31. The van der Waals surface area contributed by atoms with Gasteiger partial charge in [-0.25, -0.2) is 0 Å². The first kappa shape index (κ1) is 18.5.